The first-order valence-corrected chi connectivity index (χ1v) is 5.92. The van der Waals surface area contributed by atoms with E-state index in [1.807, 2.05) is 0 Å². The van der Waals surface area contributed by atoms with E-state index < -0.39 is 16.7 Å². The minimum atomic E-state index is -3.28. The average molecular weight is 212 g/mol. The standard InChI is InChI=1S/C7H17FN2O2S/c1-7(9)3-5-10-13(11,12)6-2-4-8/h7,10H,2-6,9H2,1H3. The van der Waals surface area contributed by atoms with Gasteiger partial charge in [-0.2, -0.15) is 0 Å². The van der Waals surface area contributed by atoms with E-state index in [0.717, 1.165) is 0 Å². The maximum atomic E-state index is 11.7. The van der Waals surface area contributed by atoms with E-state index >= 15 is 0 Å². The zero-order chi connectivity index (χ0) is 10.3. The van der Waals surface area contributed by atoms with Crippen molar-refractivity contribution in [3.63, 3.8) is 0 Å². The quantitative estimate of drug-likeness (QED) is 0.624. The molecular weight excluding hydrogens is 195 g/mol. The lowest BCUT2D eigenvalue weighted by Gasteiger charge is -2.07. The summed E-state index contributed by atoms with van der Waals surface area (Å²) in [5, 5.41) is 0. The van der Waals surface area contributed by atoms with Crippen LogP contribution in [0.4, 0.5) is 4.39 Å². The Morgan fingerprint density at radius 2 is 2.15 bits per heavy atom. The highest BCUT2D eigenvalue weighted by Gasteiger charge is 2.08. The van der Waals surface area contributed by atoms with Crippen LogP contribution in [0.25, 0.3) is 0 Å². The van der Waals surface area contributed by atoms with Crippen molar-refractivity contribution < 1.29 is 12.8 Å². The molecule has 6 heteroatoms. The summed E-state index contributed by atoms with van der Waals surface area (Å²) in [6.07, 6.45) is 0.641. The summed E-state index contributed by atoms with van der Waals surface area (Å²) >= 11 is 0. The molecule has 0 aromatic carbocycles. The van der Waals surface area contributed by atoms with Gasteiger partial charge < -0.3 is 5.73 Å². The van der Waals surface area contributed by atoms with Crippen molar-refractivity contribution in [2.45, 2.75) is 25.8 Å². The van der Waals surface area contributed by atoms with Crippen LogP contribution in [0.5, 0.6) is 0 Å². The highest BCUT2D eigenvalue weighted by Crippen LogP contribution is 1.91. The Morgan fingerprint density at radius 3 is 2.62 bits per heavy atom. The SMILES string of the molecule is CC(N)CCNS(=O)(=O)CCCF. The van der Waals surface area contributed by atoms with Crippen LogP contribution >= 0.6 is 0 Å². The van der Waals surface area contributed by atoms with Gasteiger partial charge in [0, 0.05) is 12.6 Å². The van der Waals surface area contributed by atoms with Gasteiger partial charge in [0.15, 0.2) is 0 Å². The third-order valence-corrected chi connectivity index (χ3v) is 2.94. The van der Waals surface area contributed by atoms with Crippen molar-refractivity contribution in [3.8, 4) is 0 Å². The Labute approximate surface area is 78.7 Å². The van der Waals surface area contributed by atoms with E-state index in [1.165, 1.54) is 0 Å². The van der Waals surface area contributed by atoms with E-state index in [2.05, 4.69) is 4.72 Å². The molecule has 0 aliphatic rings. The number of hydrogen-bond donors (Lipinski definition) is 2. The molecule has 1 atom stereocenters. The molecule has 0 radical (unpaired) electrons. The fraction of sp³-hybridized carbons (Fsp3) is 1.00. The molecule has 0 aromatic heterocycles. The Bertz CT molecular complexity index is 217. The Morgan fingerprint density at radius 1 is 1.54 bits per heavy atom. The van der Waals surface area contributed by atoms with Crippen LogP contribution in [0.3, 0.4) is 0 Å². The number of halogens is 1. The van der Waals surface area contributed by atoms with Crippen LogP contribution in [0.2, 0.25) is 0 Å². The Kier molecular flexibility index (Phi) is 6.19. The molecule has 0 saturated carbocycles. The van der Waals surface area contributed by atoms with E-state index in [1.54, 1.807) is 6.92 Å². The lowest BCUT2D eigenvalue weighted by Crippen LogP contribution is -2.30. The molecule has 0 aromatic rings. The molecule has 0 aliphatic heterocycles. The molecule has 0 fully saturated rings. The minimum absolute atomic E-state index is 0.0242. The first-order chi connectivity index (χ1) is 5.98. The Hall–Kier alpha value is -0.200. The molecule has 0 spiro atoms. The summed E-state index contributed by atoms with van der Waals surface area (Å²) in [5.41, 5.74) is 5.43. The average Bonchev–Trinajstić information content (AvgIpc) is 2.00. The van der Waals surface area contributed by atoms with Gasteiger partial charge in [-0.15, -0.1) is 0 Å². The van der Waals surface area contributed by atoms with Crippen LogP contribution in [-0.2, 0) is 10.0 Å². The van der Waals surface area contributed by atoms with Crippen LogP contribution in [-0.4, -0.2) is 33.4 Å². The van der Waals surface area contributed by atoms with Gasteiger partial charge in [-0.25, -0.2) is 13.1 Å². The third-order valence-electron chi connectivity index (χ3n) is 1.47. The molecule has 3 N–H and O–H groups in total. The van der Waals surface area contributed by atoms with Gasteiger partial charge in [0.05, 0.1) is 12.4 Å². The van der Waals surface area contributed by atoms with Crippen molar-refractivity contribution in [1.82, 2.24) is 4.72 Å². The second-order valence-electron chi connectivity index (χ2n) is 3.02. The number of nitrogens with two attached hydrogens (primary N) is 1. The zero-order valence-corrected chi connectivity index (χ0v) is 8.61. The summed E-state index contributed by atoms with van der Waals surface area (Å²) in [5.74, 6) is -0.150. The van der Waals surface area contributed by atoms with Gasteiger partial charge in [-0.1, -0.05) is 0 Å². The number of sulfonamides is 1. The monoisotopic (exact) mass is 212 g/mol. The van der Waals surface area contributed by atoms with Crippen LogP contribution in [0.15, 0.2) is 0 Å². The first-order valence-electron chi connectivity index (χ1n) is 4.27. The lowest BCUT2D eigenvalue weighted by atomic mass is 10.3. The molecule has 13 heavy (non-hydrogen) atoms. The summed E-state index contributed by atoms with van der Waals surface area (Å²) < 4.78 is 36.1. The summed E-state index contributed by atoms with van der Waals surface area (Å²) in [6, 6.07) is -0.0242. The summed E-state index contributed by atoms with van der Waals surface area (Å²) in [6.45, 7) is 1.52. The topological polar surface area (TPSA) is 72.2 Å². The van der Waals surface area contributed by atoms with Gasteiger partial charge in [0.1, 0.15) is 0 Å². The molecule has 1 unspecified atom stereocenters. The highest BCUT2D eigenvalue weighted by molar-refractivity contribution is 7.89. The third kappa shape index (κ3) is 8.14. The molecule has 0 bridgehead atoms. The van der Waals surface area contributed by atoms with Gasteiger partial charge in [0.2, 0.25) is 10.0 Å². The summed E-state index contributed by atoms with van der Waals surface area (Å²) in [7, 11) is -3.28. The molecule has 0 heterocycles. The van der Waals surface area contributed by atoms with E-state index in [0.29, 0.717) is 13.0 Å². The molecule has 4 nitrogen and oxygen atoms in total. The second-order valence-corrected chi connectivity index (χ2v) is 4.95. The summed E-state index contributed by atoms with van der Waals surface area (Å²) in [4.78, 5) is 0. The van der Waals surface area contributed by atoms with E-state index in [9.17, 15) is 12.8 Å². The highest BCUT2D eigenvalue weighted by atomic mass is 32.2. The maximum absolute atomic E-state index is 11.7. The molecule has 80 valence electrons. The number of rotatable bonds is 7. The van der Waals surface area contributed by atoms with E-state index in [4.69, 9.17) is 5.73 Å². The van der Waals surface area contributed by atoms with Crippen molar-refractivity contribution in [1.29, 1.82) is 0 Å². The van der Waals surface area contributed by atoms with E-state index in [-0.39, 0.29) is 18.2 Å². The lowest BCUT2D eigenvalue weighted by molar-refractivity contribution is 0.482. The predicted octanol–water partition coefficient (Wildman–Crippen LogP) is 0.00270. The fourth-order valence-electron chi connectivity index (χ4n) is 0.759. The second kappa shape index (κ2) is 6.28. The van der Waals surface area contributed by atoms with Crippen LogP contribution in [0, 0.1) is 0 Å². The Balaban J connectivity index is 3.64. The van der Waals surface area contributed by atoms with Gasteiger partial charge in [0.25, 0.3) is 0 Å². The predicted molar refractivity (Wildman–Crippen MR) is 50.6 cm³/mol. The smallest absolute Gasteiger partial charge is 0.211 e. The molecule has 0 aliphatic carbocycles. The number of hydrogen-bond acceptors (Lipinski definition) is 3. The largest absolute Gasteiger partial charge is 0.328 e. The van der Waals surface area contributed by atoms with Crippen molar-refractivity contribution in [2.24, 2.45) is 5.73 Å². The van der Waals surface area contributed by atoms with Crippen molar-refractivity contribution in [2.75, 3.05) is 19.0 Å². The molecular formula is C7H17FN2O2S. The number of alkyl halides is 1. The molecule has 0 amide bonds. The maximum Gasteiger partial charge on any atom is 0.211 e. The van der Waals surface area contributed by atoms with Gasteiger partial charge >= 0.3 is 0 Å². The molecule has 0 rings (SSSR count). The van der Waals surface area contributed by atoms with Gasteiger partial charge in [-0.3, -0.25) is 4.39 Å². The normalized spacial score (nSPS) is 14.4. The van der Waals surface area contributed by atoms with Crippen LogP contribution < -0.4 is 10.5 Å². The zero-order valence-electron chi connectivity index (χ0n) is 7.79. The van der Waals surface area contributed by atoms with Crippen molar-refractivity contribution >= 4 is 10.0 Å². The number of nitrogens with one attached hydrogen (secondary N) is 1. The fourth-order valence-corrected chi connectivity index (χ4v) is 1.82. The molecule has 0 saturated heterocycles. The minimum Gasteiger partial charge on any atom is -0.328 e. The van der Waals surface area contributed by atoms with Crippen LogP contribution in [0.1, 0.15) is 19.8 Å². The van der Waals surface area contributed by atoms with Gasteiger partial charge in [-0.05, 0) is 19.8 Å². The van der Waals surface area contributed by atoms with Crippen molar-refractivity contribution in [3.05, 3.63) is 0 Å². The first kappa shape index (κ1) is 12.8.